The van der Waals surface area contributed by atoms with E-state index in [-0.39, 0.29) is 10.1 Å². The summed E-state index contributed by atoms with van der Waals surface area (Å²) in [5.74, 6) is 0. The predicted octanol–water partition coefficient (Wildman–Crippen LogP) is 2.06. The first-order valence-corrected chi connectivity index (χ1v) is 3.22. The average Bonchev–Trinajstić information content (AvgIpc) is 2.05. The molecule has 0 atom stereocenters. The van der Waals surface area contributed by atoms with E-state index in [4.69, 9.17) is 0 Å². The molecule has 1 heteroatoms. The molecule has 0 unspecified atom stereocenters. The summed E-state index contributed by atoms with van der Waals surface area (Å²) in [4.78, 5) is 0. The fourth-order valence-electron chi connectivity index (χ4n) is 0.768. The van der Waals surface area contributed by atoms with Gasteiger partial charge in [0.2, 0.25) is 0 Å². The molecule has 0 bridgehead atoms. The molecule has 0 aromatic heterocycles. The van der Waals surface area contributed by atoms with Crippen LogP contribution in [0.3, 0.4) is 0 Å². The van der Waals surface area contributed by atoms with Gasteiger partial charge >= 0.3 is 10.1 Å². The fourth-order valence-corrected chi connectivity index (χ4v) is 0.768. The van der Waals surface area contributed by atoms with Gasteiger partial charge in [0.05, 0.1) is 0 Å². The van der Waals surface area contributed by atoms with Crippen LogP contribution < -0.4 is 0 Å². The molecule has 54 valence electrons. The number of hydrogen-bond donors (Lipinski definition) is 0. The zero-order valence-electron chi connectivity index (χ0n) is 5.88. The van der Waals surface area contributed by atoms with E-state index < -0.39 is 0 Å². The van der Waals surface area contributed by atoms with Crippen molar-refractivity contribution < 1.29 is 0 Å². The number of hydrogen-bond acceptors (Lipinski definition) is 0. The summed E-state index contributed by atoms with van der Waals surface area (Å²) in [6.07, 6.45) is 3.65. The summed E-state index contributed by atoms with van der Waals surface area (Å²) in [5, 5.41) is 0. The zero-order chi connectivity index (χ0) is 7.40. The molecule has 0 heterocycles. The van der Waals surface area contributed by atoms with E-state index in [2.05, 4.69) is 13.2 Å². The molecule has 0 aliphatic rings. The SMILES string of the molecule is C=Cc1ccc(C=C)cc1.[BeH2]. The molecule has 0 fully saturated rings. The standard InChI is InChI=1S/C10H10.Be.2H/c1-3-9-5-7-10(4-2)8-6-9;;;/h3-8H,1-2H2;;;. The zero-order valence-corrected chi connectivity index (χ0v) is 5.88. The first-order valence-electron chi connectivity index (χ1n) is 3.22. The van der Waals surface area contributed by atoms with Crippen LogP contribution in [0, 0.1) is 0 Å². The molecule has 1 rings (SSSR count). The normalized spacial score (nSPS) is 8.00. The third kappa shape index (κ3) is 2.53. The Morgan fingerprint density at radius 2 is 1.09 bits per heavy atom. The number of benzene rings is 1. The van der Waals surface area contributed by atoms with Crippen molar-refractivity contribution in [1.29, 1.82) is 0 Å². The Kier molecular flexibility index (Phi) is 4.17. The van der Waals surface area contributed by atoms with Crippen molar-refractivity contribution in [3.05, 3.63) is 48.6 Å². The van der Waals surface area contributed by atoms with Crippen LogP contribution in [0.25, 0.3) is 12.2 Å². The summed E-state index contributed by atoms with van der Waals surface area (Å²) in [7, 11) is 0. The minimum absolute atomic E-state index is 0. The summed E-state index contributed by atoms with van der Waals surface area (Å²) in [6.45, 7) is 7.32. The van der Waals surface area contributed by atoms with Gasteiger partial charge in [-0.1, -0.05) is 49.6 Å². The molecule has 0 radical (unpaired) electrons. The van der Waals surface area contributed by atoms with Crippen LogP contribution in [-0.2, 0) is 0 Å². The molecular formula is C10H12Be. The van der Waals surface area contributed by atoms with Crippen molar-refractivity contribution in [3.63, 3.8) is 0 Å². The van der Waals surface area contributed by atoms with Crippen molar-refractivity contribution >= 4 is 22.3 Å². The van der Waals surface area contributed by atoms with Gasteiger partial charge in [-0.3, -0.25) is 0 Å². The first-order chi connectivity index (χ1) is 4.86. The Balaban J connectivity index is 0.000001000. The Labute approximate surface area is 71.5 Å². The quantitative estimate of drug-likeness (QED) is 0.553. The summed E-state index contributed by atoms with van der Waals surface area (Å²) < 4.78 is 0. The second-order valence-corrected chi connectivity index (χ2v) is 2.07. The third-order valence-electron chi connectivity index (χ3n) is 1.41. The van der Waals surface area contributed by atoms with Crippen LogP contribution in [-0.4, -0.2) is 10.1 Å². The van der Waals surface area contributed by atoms with Gasteiger partial charge in [0.25, 0.3) is 0 Å². The molecule has 0 N–H and O–H groups in total. The molecule has 0 aliphatic carbocycles. The van der Waals surface area contributed by atoms with Crippen molar-refractivity contribution in [2.45, 2.75) is 0 Å². The van der Waals surface area contributed by atoms with Crippen molar-refractivity contribution in [3.8, 4) is 0 Å². The van der Waals surface area contributed by atoms with Crippen LogP contribution in [0.2, 0.25) is 0 Å². The second-order valence-electron chi connectivity index (χ2n) is 2.07. The Hall–Kier alpha value is -1.13. The van der Waals surface area contributed by atoms with Gasteiger partial charge in [0, 0.05) is 0 Å². The van der Waals surface area contributed by atoms with Gasteiger partial charge in [-0.15, -0.1) is 0 Å². The van der Waals surface area contributed by atoms with E-state index in [9.17, 15) is 0 Å². The molecule has 0 nitrogen and oxygen atoms in total. The van der Waals surface area contributed by atoms with E-state index in [1.54, 1.807) is 0 Å². The molecule has 0 amide bonds. The van der Waals surface area contributed by atoms with Gasteiger partial charge in [0.1, 0.15) is 0 Å². The number of rotatable bonds is 2. The second kappa shape index (κ2) is 4.65. The van der Waals surface area contributed by atoms with Crippen LogP contribution in [0.4, 0.5) is 0 Å². The monoisotopic (exact) mass is 141 g/mol. The minimum atomic E-state index is 0. The molecule has 0 spiro atoms. The van der Waals surface area contributed by atoms with E-state index >= 15 is 0 Å². The average molecular weight is 141 g/mol. The molecule has 0 aliphatic heterocycles. The Morgan fingerprint density at radius 1 is 0.818 bits per heavy atom. The van der Waals surface area contributed by atoms with Gasteiger partial charge in [0.15, 0.2) is 0 Å². The van der Waals surface area contributed by atoms with Gasteiger partial charge in [-0.2, -0.15) is 0 Å². The van der Waals surface area contributed by atoms with E-state index in [0.29, 0.717) is 0 Å². The van der Waals surface area contributed by atoms with Crippen LogP contribution in [0.1, 0.15) is 11.1 Å². The molecule has 11 heavy (non-hydrogen) atoms. The summed E-state index contributed by atoms with van der Waals surface area (Å²) in [5.41, 5.74) is 2.29. The molecule has 0 saturated carbocycles. The molecular weight excluding hydrogens is 129 g/mol. The van der Waals surface area contributed by atoms with E-state index in [0.717, 1.165) is 11.1 Å². The first kappa shape index (κ1) is 9.87. The Morgan fingerprint density at radius 3 is 1.27 bits per heavy atom. The van der Waals surface area contributed by atoms with Crippen LogP contribution in [0.15, 0.2) is 37.4 Å². The molecule has 1 aromatic carbocycles. The topological polar surface area (TPSA) is 0 Å². The maximum absolute atomic E-state index is 3.66. The predicted molar refractivity (Wildman–Crippen MR) is 55.2 cm³/mol. The van der Waals surface area contributed by atoms with Crippen molar-refractivity contribution in [2.75, 3.05) is 0 Å². The fraction of sp³-hybridized carbons (Fsp3) is 0. The molecule has 0 saturated heterocycles. The van der Waals surface area contributed by atoms with Crippen LogP contribution in [0.5, 0.6) is 0 Å². The summed E-state index contributed by atoms with van der Waals surface area (Å²) >= 11 is 0. The summed E-state index contributed by atoms with van der Waals surface area (Å²) in [6, 6.07) is 8.07. The van der Waals surface area contributed by atoms with E-state index in [1.807, 2.05) is 36.4 Å². The van der Waals surface area contributed by atoms with Crippen molar-refractivity contribution in [1.82, 2.24) is 0 Å². The maximum atomic E-state index is 3.66. The van der Waals surface area contributed by atoms with E-state index in [1.165, 1.54) is 0 Å². The van der Waals surface area contributed by atoms with Gasteiger partial charge in [-0.25, -0.2) is 0 Å². The van der Waals surface area contributed by atoms with Crippen molar-refractivity contribution in [2.24, 2.45) is 0 Å². The Bertz CT molecular complexity index is 207. The third-order valence-corrected chi connectivity index (χ3v) is 1.41. The van der Waals surface area contributed by atoms with Gasteiger partial charge in [-0.05, 0) is 11.1 Å². The van der Waals surface area contributed by atoms with Gasteiger partial charge < -0.3 is 0 Å². The van der Waals surface area contributed by atoms with Crippen LogP contribution >= 0.6 is 0 Å². The molecule has 1 aromatic rings.